The minimum Gasteiger partial charge on any atom is -0.383 e. The maximum atomic E-state index is 13.3. The van der Waals surface area contributed by atoms with E-state index in [1.165, 1.54) is 28.0 Å². The Morgan fingerprint density at radius 3 is 2.90 bits per heavy atom. The highest BCUT2D eigenvalue weighted by atomic mass is 32.2. The van der Waals surface area contributed by atoms with E-state index in [0.717, 1.165) is 36.1 Å². The van der Waals surface area contributed by atoms with E-state index in [2.05, 4.69) is 10.9 Å². The first kappa shape index (κ1) is 22.0. The number of aromatic nitrogens is 2. The van der Waals surface area contributed by atoms with Crippen molar-refractivity contribution in [3.05, 3.63) is 43.2 Å². The lowest BCUT2D eigenvalue weighted by molar-refractivity contribution is -0.119. The van der Waals surface area contributed by atoms with Gasteiger partial charge in [-0.2, -0.15) is 0 Å². The zero-order valence-corrected chi connectivity index (χ0v) is 19.4. The highest BCUT2D eigenvalue weighted by molar-refractivity contribution is 7.99. The summed E-state index contributed by atoms with van der Waals surface area (Å²) in [6.45, 7) is 0.734. The second-order valence-electron chi connectivity index (χ2n) is 7.00. The normalized spacial score (nSPS) is 13.2. The molecule has 2 amide bonds. The molecule has 0 saturated carbocycles. The van der Waals surface area contributed by atoms with Crippen LogP contribution in [-0.2, 0) is 28.9 Å². The molecule has 2 N–H and O–H groups in total. The number of thiophene rings is 2. The highest BCUT2D eigenvalue weighted by Gasteiger charge is 2.22. The Morgan fingerprint density at radius 2 is 2.13 bits per heavy atom. The van der Waals surface area contributed by atoms with E-state index in [4.69, 9.17) is 9.72 Å². The Bertz CT molecular complexity index is 1150. The number of carbonyl (C=O) groups is 2. The molecule has 0 radical (unpaired) electrons. The molecule has 0 unspecified atom stereocenters. The Morgan fingerprint density at radius 1 is 1.29 bits per heavy atom. The zero-order chi connectivity index (χ0) is 21.8. The number of thioether (sulfide) groups is 1. The van der Waals surface area contributed by atoms with Crippen LogP contribution in [0.15, 0.2) is 27.5 Å². The van der Waals surface area contributed by atoms with Gasteiger partial charge in [-0.05, 0) is 42.7 Å². The molecule has 0 atom stereocenters. The molecule has 3 aromatic rings. The van der Waals surface area contributed by atoms with Crippen molar-refractivity contribution in [3.8, 4) is 0 Å². The molecule has 11 heteroatoms. The second kappa shape index (κ2) is 9.94. The van der Waals surface area contributed by atoms with Crippen LogP contribution >= 0.6 is 34.4 Å². The molecule has 1 aliphatic rings. The van der Waals surface area contributed by atoms with Gasteiger partial charge in [-0.1, -0.05) is 17.8 Å². The Balaban J connectivity index is 1.51. The van der Waals surface area contributed by atoms with Crippen LogP contribution in [0.3, 0.4) is 0 Å². The number of aryl methyl sites for hydroxylation is 2. The summed E-state index contributed by atoms with van der Waals surface area (Å²) in [4.78, 5) is 44.7. The quantitative estimate of drug-likeness (QED) is 0.307. The van der Waals surface area contributed by atoms with Gasteiger partial charge >= 0.3 is 0 Å². The number of carbonyl (C=O) groups excluding carboxylic acids is 2. The lowest BCUT2D eigenvalue weighted by Crippen LogP contribution is -2.42. The summed E-state index contributed by atoms with van der Waals surface area (Å²) < 4.78 is 6.76. The molecule has 0 spiro atoms. The van der Waals surface area contributed by atoms with Gasteiger partial charge < -0.3 is 4.74 Å². The van der Waals surface area contributed by atoms with Crippen LogP contribution in [0.4, 0.5) is 0 Å². The molecule has 0 saturated heterocycles. The summed E-state index contributed by atoms with van der Waals surface area (Å²) in [5.74, 6) is -0.733. The van der Waals surface area contributed by atoms with E-state index in [1.807, 2.05) is 0 Å². The highest BCUT2D eigenvalue weighted by Crippen LogP contribution is 2.34. The van der Waals surface area contributed by atoms with Crippen molar-refractivity contribution in [2.24, 2.45) is 0 Å². The predicted molar refractivity (Wildman–Crippen MR) is 123 cm³/mol. The monoisotopic (exact) mass is 478 g/mol. The Kier molecular flexibility index (Phi) is 7.06. The van der Waals surface area contributed by atoms with Crippen LogP contribution in [0.1, 0.15) is 33.0 Å². The van der Waals surface area contributed by atoms with Crippen molar-refractivity contribution < 1.29 is 14.3 Å². The zero-order valence-electron chi connectivity index (χ0n) is 16.9. The average Bonchev–Trinajstić information content (AvgIpc) is 3.43. The van der Waals surface area contributed by atoms with E-state index in [0.29, 0.717) is 28.6 Å². The maximum absolute atomic E-state index is 13.3. The first-order chi connectivity index (χ1) is 15.1. The van der Waals surface area contributed by atoms with Gasteiger partial charge in [0.2, 0.25) is 5.91 Å². The fraction of sp³-hybridized carbons (Fsp3) is 0.400. The van der Waals surface area contributed by atoms with Crippen molar-refractivity contribution in [2.45, 2.75) is 37.4 Å². The molecule has 3 aromatic heterocycles. The first-order valence-corrected chi connectivity index (χ1v) is 12.6. The Labute approximate surface area is 191 Å². The summed E-state index contributed by atoms with van der Waals surface area (Å²) in [6.07, 6.45) is 4.12. The number of fused-ring (bicyclic) bond motifs is 3. The molecule has 3 heterocycles. The van der Waals surface area contributed by atoms with Crippen LogP contribution in [-0.4, -0.2) is 40.8 Å². The van der Waals surface area contributed by atoms with Gasteiger partial charge in [0.05, 0.1) is 29.2 Å². The van der Waals surface area contributed by atoms with E-state index in [-0.39, 0.29) is 23.1 Å². The minimum atomic E-state index is -0.381. The van der Waals surface area contributed by atoms with E-state index in [1.54, 1.807) is 40.5 Å². The van der Waals surface area contributed by atoms with Gasteiger partial charge in [0.1, 0.15) is 4.83 Å². The molecule has 4 rings (SSSR count). The van der Waals surface area contributed by atoms with Gasteiger partial charge in [0.25, 0.3) is 11.5 Å². The minimum absolute atomic E-state index is 0.0146. The molecular weight excluding hydrogens is 456 g/mol. The van der Waals surface area contributed by atoms with Gasteiger partial charge in [-0.3, -0.25) is 29.8 Å². The number of amides is 2. The number of ether oxygens (including phenoxy) is 1. The number of nitrogens with one attached hydrogen (secondary N) is 2. The van der Waals surface area contributed by atoms with E-state index >= 15 is 0 Å². The molecule has 31 heavy (non-hydrogen) atoms. The Hall–Kier alpha value is -2.21. The van der Waals surface area contributed by atoms with Gasteiger partial charge in [0, 0.05) is 12.0 Å². The van der Waals surface area contributed by atoms with Crippen LogP contribution in [0.25, 0.3) is 10.2 Å². The summed E-state index contributed by atoms with van der Waals surface area (Å²) in [5.41, 5.74) is 5.87. The van der Waals surface area contributed by atoms with Gasteiger partial charge in [-0.15, -0.1) is 22.7 Å². The summed E-state index contributed by atoms with van der Waals surface area (Å²) >= 11 is 4.04. The first-order valence-electron chi connectivity index (χ1n) is 9.88. The number of hydrogen-bond donors (Lipinski definition) is 2. The standard InChI is InChI=1S/C20H22N4O4S3/c1-28-9-8-24-19(27)16-12-5-2-3-6-13(12)31-18(16)21-20(24)30-11-15(25)22-23-17(26)14-7-4-10-29-14/h4,7,10H,2-3,5-6,8-9,11H2,1H3,(H,22,25)(H,23,26). The molecule has 0 fully saturated rings. The van der Waals surface area contributed by atoms with Crippen molar-refractivity contribution in [1.82, 2.24) is 20.4 Å². The topological polar surface area (TPSA) is 102 Å². The summed E-state index contributed by atoms with van der Waals surface area (Å²) in [6, 6.07) is 3.44. The fourth-order valence-corrected chi connectivity index (χ4v) is 6.22. The summed E-state index contributed by atoms with van der Waals surface area (Å²) in [7, 11) is 1.58. The third kappa shape index (κ3) is 4.84. The molecule has 0 bridgehead atoms. The molecular formula is C20H22N4O4S3. The smallest absolute Gasteiger partial charge is 0.279 e. The third-order valence-corrected chi connectivity index (χ3v) is 7.98. The maximum Gasteiger partial charge on any atom is 0.279 e. The second-order valence-corrected chi connectivity index (χ2v) is 9.98. The largest absolute Gasteiger partial charge is 0.383 e. The van der Waals surface area contributed by atoms with Crippen LogP contribution in [0, 0.1) is 0 Å². The average molecular weight is 479 g/mol. The molecule has 0 aliphatic heterocycles. The van der Waals surface area contributed by atoms with Crippen molar-refractivity contribution in [3.63, 3.8) is 0 Å². The van der Waals surface area contributed by atoms with E-state index in [9.17, 15) is 14.4 Å². The van der Waals surface area contributed by atoms with Gasteiger partial charge in [0.15, 0.2) is 5.16 Å². The summed E-state index contributed by atoms with van der Waals surface area (Å²) in [5, 5.41) is 2.98. The number of hydrazine groups is 1. The fourth-order valence-electron chi connectivity index (χ4n) is 3.47. The van der Waals surface area contributed by atoms with Crippen molar-refractivity contribution >= 4 is 56.5 Å². The predicted octanol–water partition coefficient (Wildman–Crippen LogP) is 2.60. The van der Waals surface area contributed by atoms with Crippen molar-refractivity contribution in [1.29, 1.82) is 0 Å². The number of methoxy groups -OCH3 is 1. The van der Waals surface area contributed by atoms with E-state index < -0.39 is 0 Å². The molecule has 0 aromatic carbocycles. The lowest BCUT2D eigenvalue weighted by atomic mass is 9.97. The lowest BCUT2D eigenvalue weighted by Gasteiger charge is -2.13. The number of hydrogen-bond acceptors (Lipinski definition) is 8. The molecule has 1 aliphatic carbocycles. The third-order valence-electron chi connectivity index (χ3n) is 4.95. The SMILES string of the molecule is COCCn1c(SCC(=O)NNC(=O)c2cccs2)nc2sc3c(c2c1=O)CCCC3. The van der Waals surface area contributed by atoms with Crippen LogP contribution < -0.4 is 16.4 Å². The molecule has 164 valence electrons. The van der Waals surface area contributed by atoms with Gasteiger partial charge in [-0.25, -0.2) is 4.98 Å². The van der Waals surface area contributed by atoms with Crippen molar-refractivity contribution in [2.75, 3.05) is 19.5 Å². The number of rotatable bonds is 7. The number of nitrogens with zero attached hydrogens (tertiary/aromatic N) is 2. The van der Waals surface area contributed by atoms with Crippen LogP contribution in [0.2, 0.25) is 0 Å². The molecule has 8 nitrogen and oxygen atoms in total. The van der Waals surface area contributed by atoms with Crippen LogP contribution in [0.5, 0.6) is 0 Å².